The average molecular weight is 332 g/mol. The Balaban J connectivity index is 1.38. The number of furan rings is 1. The lowest BCUT2D eigenvalue weighted by molar-refractivity contribution is -0.150. The predicted molar refractivity (Wildman–Crippen MR) is 83.0 cm³/mol. The van der Waals surface area contributed by atoms with E-state index in [1.807, 2.05) is 18.2 Å². The molecule has 4 unspecified atom stereocenters. The molecule has 1 amide bonds. The first-order chi connectivity index (χ1) is 11.6. The Morgan fingerprint density at radius 2 is 1.83 bits per heavy atom. The Kier molecular flexibility index (Phi) is 3.90. The highest BCUT2D eigenvalue weighted by Crippen LogP contribution is 2.40. The van der Waals surface area contributed by atoms with Gasteiger partial charge < -0.3 is 19.2 Å². The number of hydrogen-bond acceptors (Lipinski definition) is 5. The van der Waals surface area contributed by atoms with Crippen LogP contribution in [0.15, 0.2) is 35.0 Å². The molecule has 0 radical (unpaired) electrons. The maximum absolute atomic E-state index is 12.8. The molecule has 24 heavy (non-hydrogen) atoms. The number of piperazine rings is 1. The van der Waals surface area contributed by atoms with E-state index >= 15 is 0 Å². The fraction of sp³-hybridized carbons (Fsp3) is 0.529. The minimum Gasteiger partial charge on any atom is -0.481 e. The molecule has 1 aromatic heterocycles. The molecule has 3 aliphatic heterocycles. The summed E-state index contributed by atoms with van der Waals surface area (Å²) in [7, 11) is 0. The number of aliphatic carboxylic acids is 1. The number of carbonyl (C=O) groups is 2. The molecule has 0 aliphatic carbocycles. The van der Waals surface area contributed by atoms with Crippen LogP contribution in [-0.2, 0) is 20.9 Å². The van der Waals surface area contributed by atoms with Gasteiger partial charge in [-0.25, -0.2) is 0 Å². The Morgan fingerprint density at radius 3 is 2.46 bits per heavy atom. The number of ether oxygens (including phenoxy) is 1. The van der Waals surface area contributed by atoms with Crippen LogP contribution in [-0.4, -0.2) is 65.2 Å². The van der Waals surface area contributed by atoms with E-state index in [9.17, 15) is 14.7 Å². The maximum Gasteiger partial charge on any atom is 0.310 e. The zero-order chi connectivity index (χ0) is 16.7. The van der Waals surface area contributed by atoms with Gasteiger partial charge in [-0.05, 0) is 12.1 Å². The lowest BCUT2D eigenvalue weighted by Crippen LogP contribution is -2.52. The summed E-state index contributed by atoms with van der Waals surface area (Å²) in [5.74, 6) is -1.52. The number of fused-ring (bicyclic) bond motifs is 2. The molecule has 0 spiro atoms. The molecule has 4 rings (SSSR count). The molecule has 1 N–H and O–H groups in total. The van der Waals surface area contributed by atoms with Crippen LogP contribution in [0.5, 0.6) is 0 Å². The van der Waals surface area contributed by atoms with Crippen molar-refractivity contribution >= 4 is 11.9 Å². The molecule has 128 valence electrons. The zero-order valence-electron chi connectivity index (χ0n) is 13.2. The van der Waals surface area contributed by atoms with Gasteiger partial charge in [0.1, 0.15) is 11.7 Å². The third-order valence-corrected chi connectivity index (χ3v) is 5.11. The topological polar surface area (TPSA) is 83.2 Å². The monoisotopic (exact) mass is 332 g/mol. The molecule has 2 bridgehead atoms. The largest absolute Gasteiger partial charge is 0.481 e. The molecule has 2 fully saturated rings. The molecule has 0 saturated carbocycles. The Labute approximate surface area is 139 Å². The normalized spacial score (nSPS) is 32.4. The van der Waals surface area contributed by atoms with Crippen molar-refractivity contribution in [1.29, 1.82) is 0 Å². The van der Waals surface area contributed by atoms with Crippen molar-refractivity contribution in [3.05, 3.63) is 36.3 Å². The summed E-state index contributed by atoms with van der Waals surface area (Å²) >= 11 is 0. The van der Waals surface area contributed by atoms with Gasteiger partial charge in [-0.1, -0.05) is 12.2 Å². The van der Waals surface area contributed by atoms with E-state index in [1.165, 1.54) is 0 Å². The van der Waals surface area contributed by atoms with Crippen molar-refractivity contribution in [3.63, 3.8) is 0 Å². The fourth-order valence-corrected chi connectivity index (χ4v) is 3.86. The number of amides is 1. The van der Waals surface area contributed by atoms with E-state index in [0.29, 0.717) is 13.1 Å². The minimum absolute atomic E-state index is 0.100. The van der Waals surface area contributed by atoms with Crippen molar-refractivity contribution in [2.24, 2.45) is 11.8 Å². The summed E-state index contributed by atoms with van der Waals surface area (Å²) in [6, 6.07) is 3.80. The second-order valence-corrected chi connectivity index (χ2v) is 6.52. The smallest absolute Gasteiger partial charge is 0.310 e. The quantitative estimate of drug-likeness (QED) is 0.812. The summed E-state index contributed by atoms with van der Waals surface area (Å²) in [5, 5.41) is 9.44. The number of carboxylic acids is 1. The lowest BCUT2D eigenvalue weighted by atomic mass is 9.82. The first-order valence-corrected chi connectivity index (χ1v) is 8.23. The summed E-state index contributed by atoms with van der Waals surface area (Å²) in [4.78, 5) is 28.4. The first-order valence-electron chi connectivity index (χ1n) is 8.23. The van der Waals surface area contributed by atoms with E-state index < -0.39 is 30.0 Å². The van der Waals surface area contributed by atoms with Gasteiger partial charge in [0.2, 0.25) is 5.91 Å². The minimum atomic E-state index is -0.957. The van der Waals surface area contributed by atoms with Gasteiger partial charge in [-0.3, -0.25) is 14.5 Å². The highest BCUT2D eigenvalue weighted by atomic mass is 16.5. The van der Waals surface area contributed by atoms with E-state index in [0.717, 1.165) is 25.4 Å². The molecule has 7 heteroatoms. The fourth-order valence-electron chi connectivity index (χ4n) is 3.86. The van der Waals surface area contributed by atoms with Crippen LogP contribution in [0.1, 0.15) is 5.76 Å². The number of carboxylic acid groups (broad SMARTS) is 1. The van der Waals surface area contributed by atoms with Gasteiger partial charge in [0.05, 0.1) is 30.9 Å². The summed E-state index contributed by atoms with van der Waals surface area (Å²) in [6.45, 7) is 3.43. The first kappa shape index (κ1) is 15.4. The van der Waals surface area contributed by atoms with Crippen LogP contribution in [0.4, 0.5) is 0 Å². The van der Waals surface area contributed by atoms with Crippen LogP contribution in [0, 0.1) is 11.8 Å². The van der Waals surface area contributed by atoms with Crippen LogP contribution < -0.4 is 0 Å². The second-order valence-electron chi connectivity index (χ2n) is 6.52. The molecule has 3 aliphatic rings. The maximum atomic E-state index is 12.8. The van der Waals surface area contributed by atoms with E-state index in [-0.39, 0.29) is 5.91 Å². The molecule has 2 saturated heterocycles. The zero-order valence-corrected chi connectivity index (χ0v) is 13.2. The van der Waals surface area contributed by atoms with Crippen molar-refractivity contribution in [3.8, 4) is 0 Å². The van der Waals surface area contributed by atoms with Crippen molar-refractivity contribution in [2.75, 3.05) is 26.2 Å². The third-order valence-electron chi connectivity index (χ3n) is 5.11. The third kappa shape index (κ3) is 2.63. The van der Waals surface area contributed by atoms with Crippen LogP contribution >= 0.6 is 0 Å². The van der Waals surface area contributed by atoms with E-state index in [1.54, 1.807) is 17.2 Å². The Hall–Kier alpha value is -2.12. The molecule has 7 nitrogen and oxygen atoms in total. The number of rotatable bonds is 4. The highest BCUT2D eigenvalue weighted by Gasteiger charge is 2.54. The summed E-state index contributed by atoms with van der Waals surface area (Å²) in [5.41, 5.74) is 0. The van der Waals surface area contributed by atoms with Crippen LogP contribution in [0.3, 0.4) is 0 Å². The number of hydrogen-bond donors (Lipinski definition) is 1. The lowest BCUT2D eigenvalue weighted by Gasteiger charge is -2.36. The van der Waals surface area contributed by atoms with Crippen LogP contribution in [0.2, 0.25) is 0 Å². The molecular weight excluding hydrogens is 312 g/mol. The predicted octanol–water partition coefficient (Wildman–Crippen LogP) is 0.578. The summed E-state index contributed by atoms with van der Waals surface area (Å²) < 4.78 is 11.0. The molecular formula is C17H20N2O5. The standard InChI is InChI=1S/C17H20N2O5/c20-16(14-12-3-4-13(24-12)15(14)17(21)22)19-7-5-18(6-8-19)10-11-2-1-9-23-11/h1-4,9,12-15H,5-8,10H2,(H,21,22). The second kappa shape index (κ2) is 6.07. The van der Waals surface area contributed by atoms with Crippen molar-refractivity contribution in [1.82, 2.24) is 9.80 Å². The molecule has 4 heterocycles. The van der Waals surface area contributed by atoms with Gasteiger partial charge >= 0.3 is 5.97 Å². The summed E-state index contributed by atoms with van der Waals surface area (Å²) in [6.07, 6.45) is 4.37. The Morgan fingerprint density at radius 1 is 1.12 bits per heavy atom. The Bertz CT molecular complexity index is 648. The van der Waals surface area contributed by atoms with Gasteiger partial charge in [0.25, 0.3) is 0 Å². The molecule has 4 atom stereocenters. The van der Waals surface area contributed by atoms with Crippen molar-refractivity contribution < 1.29 is 23.8 Å². The van der Waals surface area contributed by atoms with Gasteiger partial charge in [-0.15, -0.1) is 0 Å². The highest BCUT2D eigenvalue weighted by molar-refractivity contribution is 5.87. The van der Waals surface area contributed by atoms with Gasteiger partial charge in [0, 0.05) is 26.2 Å². The van der Waals surface area contributed by atoms with E-state index in [4.69, 9.17) is 9.15 Å². The number of carbonyl (C=O) groups excluding carboxylic acids is 1. The molecule has 1 aromatic rings. The average Bonchev–Trinajstić information content (AvgIpc) is 3.31. The van der Waals surface area contributed by atoms with Gasteiger partial charge in [-0.2, -0.15) is 0 Å². The SMILES string of the molecule is O=C(O)C1C2C=CC(O2)C1C(=O)N1CCN(Cc2ccco2)CC1. The van der Waals surface area contributed by atoms with E-state index in [2.05, 4.69) is 4.90 Å². The molecule has 0 aromatic carbocycles. The van der Waals surface area contributed by atoms with Crippen LogP contribution in [0.25, 0.3) is 0 Å². The van der Waals surface area contributed by atoms with Gasteiger partial charge in [0.15, 0.2) is 0 Å². The number of nitrogens with zero attached hydrogens (tertiary/aromatic N) is 2. The van der Waals surface area contributed by atoms with Crippen molar-refractivity contribution in [2.45, 2.75) is 18.8 Å².